The summed E-state index contributed by atoms with van der Waals surface area (Å²) in [5, 5.41) is 3.64. The maximum absolute atomic E-state index is 11.3. The third kappa shape index (κ3) is 2.76. The van der Waals surface area contributed by atoms with Crippen LogP contribution in [-0.2, 0) is 6.54 Å². The molecule has 0 saturated carbocycles. The molecule has 14 heavy (non-hydrogen) atoms. The fourth-order valence-corrected chi connectivity index (χ4v) is 1.26. The first-order valence-electron chi connectivity index (χ1n) is 4.70. The van der Waals surface area contributed by atoms with Gasteiger partial charge in [0.15, 0.2) is 0 Å². The van der Waals surface area contributed by atoms with Crippen LogP contribution in [0.1, 0.15) is 12.5 Å². The fraction of sp³-hybridized carbons (Fsp3) is 0.364. The van der Waals surface area contributed by atoms with Gasteiger partial charge in [0, 0.05) is 20.1 Å². The molecule has 0 aliphatic heterocycles. The predicted molar refractivity (Wildman–Crippen MR) is 56.0 cm³/mol. The quantitative estimate of drug-likeness (QED) is 0.718. The van der Waals surface area contributed by atoms with Crippen LogP contribution in [0.3, 0.4) is 0 Å². The van der Waals surface area contributed by atoms with Gasteiger partial charge in [0.2, 0.25) is 0 Å². The van der Waals surface area contributed by atoms with Gasteiger partial charge in [-0.05, 0) is 12.5 Å². The molecule has 0 aliphatic carbocycles. The largest absolute Gasteiger partial charge is 0.338 e. The van der Waals surface area contributed by atoms with Crippen molar-refractivity contribution >= 4 is 6.03 Å². The Hall–Kier alpha value is -1.51. The Morgan fingerprint density at radius 3 is 2.50 bits per heavy atom. The molecule has 1 aromatic rings. The zero-order valence-corrected chi connectivity index (χ0v) is 8.60. The molecule has 2 amide bonds. The van der Waals surface area contributed by atoms with E-state index >= 15 is 0 Å². The Morgan fingerprint density at radius 1 is 1.36 bits per heavy atom. The van der Waals surface area contributed by atoms with Gasteiger partial charge in [-0.2, -0.15) is 0 Å². The van der Waals surface area contributed by atoms with E-state index in [1.54, 1.807) is 4.90 Å². The lowest BCUT2D eigenvalue weighted by Gasteiger charge is -2.18. The van der Waals surface area contributed by atoms with Gasteiger partial charge in [0.25, 0.3) is 0 Å². The molecule has 0 fully saturated rings. The molecule has 0 saturated heterocycles. The summed E-state index contributed by atoms with van der Waals surface area (Å²) in [6.07, 6.45) is 0. The first kappa shape index (κ1) is 10.6. The number of nitrogens with zero attached hydrogens (tertiary/aromatic N) is 2. The van der Waals surface area contributed by atoms with E-state index in [1.165, 1.54) is 7.05 Å². The molecule has 0 unspecified atom stereocenters. The molecule has 0 spiro atoms. The van der Waals surface area contributed by atoms with E-state index in [9.17, 15) is 4.79 Å². The van der Waals surface area contributed by atoms with Crippen LogP contribution in [0, 0.1) is 0 Å². The van der Waals surface area contributed by atoms with Gasteiger partial charge in [0.05, 0.1) is 0 Å². The Morgan fingerprint density at radius 2 is 2.00 bits per heavy atom. The molecule has 1 aromatic carbocycles. The molecule has 0 bridgehead atoms. The summed E-state index contributed by atoms with van der Waals surface area (Å²) < 4.78 is 0. The smallest absolute Gasteiger partial charge is 0.319 e. The number of rotatable bonds is 3. The van der Waals surface area contributed by atoms with Crippen molar-refractivity contribution < 1.29 is 4.79 Å². The fourth-order valence-electron chi connectivity index (χ4n) is 1.26. The number of carbonyl (C=O) groups excluding carboxylic acids is 1. The highest BCUT2D eigenvalue weighted by Crippen LogP contribution is 2.04. The number of carbonyl (C=O) groups is 1. The minimum atomic E-state index is -0.156. The molecule has 3 nitrogen and oxygen atoms in total. The van der Waals surface area contributed by atoms with Crippen LogP contribution < -0.4 is 5.32 Å². The highest BCUT2D eigenvalue weighted by molar-refractivity contribution is 5.73. The summed E-state index contributed by atoms with van der Waals surface area (Å²) in [5.41, 5.74) is 1.13. The maximum atomic E-state index is 11.3. The van der Waals surface area contributed by atoms with Crippen molar-refractivity contribution in [1.82, 2.24) is 10.2 Å². The second kappa shape index (κ2) is 5.27. The molecular weight excluding hydrogens is 176 g/mol. The summed E-state index contributed by atoms with van der Waals surface area (Å²) in [4.78, 5) is 13.0. The Balaban J connectivity index is 2.62. The standard InChI is InChI=1S/C11H15N2O/c1-3-13(11(14)12-2)9-10-7-5-4-6-8-10/h4-8H,3,9H2,1-2H3. The first-order chi connectivity index (χ1) is 6.77. The Labute approximate surface area is 84.7 Å². The van der Waals surface area contributed by atoms with Gasteiger partial charge in [-0.3, -0.25) is 0 Å². The lowest BCUT2D eigenvalue weighted by molar-refractivity contribution is 0.199. The Bertz CT molecular complexity index is 285. The van der Waals surface area contributed by atoms with Crippen LogP contribution in [0.5, 0.6) is 0 Å². The molecule has 0 N–H and O–H groups in total. The second-order valence-electron chi connectivity index (χ2n) is 3.01. The van der Waals surface area contributed by atoms with Crippen LogP contribution in [0.4, 0.5) is 4.79 Å². The molecule has 0 aliphatic rings. The number of urea groups is 1. The van der Waals surface area contributed by atoms with Crippen LogP contribution in [-0.4, -0.2) is 24.5 Å². The van der Waals surface area contributed by atoms with E-state index in [4.69, 9.17) is 0 Å². The zero-order chi connectivity index (χ0) is 10.4. The highest BCUT2D eigenvalue weighted by atomic mass is 16.2. The minimum Gasteiger partial charge on any atom is -0.319 e. The minimum absolute atomic E-state index is 0.156. The summed E-state index contributed by atoms with van der Waals surface area (Å²) in [6, 6.07) is 9.76. The zero-order valence-electron chi connectivity index (χ0n) is 8.60. The summed E-state index contributed by atoms with van der Waals surface area (Å²) >= 11 is 0. The van der Waals surface area contributed by atoms with Gasteiger partial charge >= 0.3 is 6.03 Å². The van der Waals surface area contributed by atoms with E-state index in [2.05, 4.69) is 5.32 Å². The molecule has 0 atom stereocenters. The lowest BCUT2D eigenvalue weighted by atomic mass is 10.2. The van der Waals surface area contributed by atoms with Crippen molar-refractivity contribution in [3.8, 4) is 0 Å². The third-order valence-electron chi connectivity index (χ3n) is 2.06. The first-order valence-corrected chi connectivity index (χ1v) is 4.70. The number of benzene rings is 1. The molecule has 75 valence electrons. The van der Waals surface area contributed by atoms with Crippen molar-refractivity contribution in [2.24, 2.45) is 0 Å². The Kier molecular flexibility index (Phi) is 3.98. The van der Waals surface area contributed by atoms with E-state index in [0.717, 1.165) is 5.56 Å². The van der Waals surface area contributed by atoms with Crippen molar-refractivity contribution in [3.05, 3.63) is 35.9 Å². The SMILES string of the molecule is CCN(Cc1ccccc1)C(=O)[N]C. The van der Waals surface area contributed by atoms with Crippen molar-refractivity contribution in [2.45, 2.75) is 13.5 Å². The number of amides is 2. The number of hydrogen-bond acceptors (Lipinski definition) is 1. The average Bonchev–Trinajstić information content (AvgIpc) is 2.26. The summed E-state index contributed by atoms with van der Waals surface area (Å²) in [7, 11) is 1.52. The van der Waals surface area contributed by atoms with Crippen LogP contribution in [0.25, 0.3) is 0 Å². The lowest BCUT2D eigenvalue weighted by Crippen LogP contribution is -2.33. The third-order valence-corrected chi connectivity index (χ3v) is 2.06. The van der Waals surface area contributed by atoms with Gasteiger partial charge in [-0.15, -0.1) is 0 Å². The summed E-state index contributed by atoms with van der Waals surface area (Å²) in [6.45, 7) is 3.27. The van der Waals surface area contributed by atoms with Gasteiger partial charge in [-0.25, -0.2) is 10.1 Å². The normalized spacial score (nSPS) is 9.57. The second-order valence-corrected chi connectivity index (χ2v) is 3.01. The van der Waals surface area contributed by atoms with Crippen LogP contribution in [0.2, 0.25) is 0 Å². The van der Waals surface area contributed by atoms with Crippen molar-refractivity contribution in [1.29, 1.82) is 0 Å². The molecular formula is C11H15N2O. The number of hydrogen-bond donors (Lipinski definition) is 0. The molecule has 3 heteroatoms. The molecule has 0 aromatic heterocycles. The van der Waals surface area contributed by atoms with Gasteiger partial charge < -0.3 is 4.90 Å². The van der Waals surface area contributed by atoms with Crippen LogP contribution in [0.15, 0.2) is 30.3 Å². The van der Waals surface area contributed by atoms with Gasteiger partial charge in [-0.1, -0.05) is 30.3 Å². The summed E-state index contributed by atoms with van der Waals surface area (Å²) in [5.74, 6) is 0. The van der Waals surface area contributed by atoms with E-state index in [-0.39, 0.29) is 6.03 Å². The van der Waals surface area contributed by atoms with Crippen LogP contribution >= 0.6 is 0 Å². The van der Waals surface area contributed by atoms with E-state index < -0.39 is 0 Å². The van der Waals surface area contributed by atoms with Crippen molar-refractivity contribution in [3.63, 3.8) is 0 Å². The molecule has 1 radical (unpaired) electrons. The average molecular weight is 191 g/mol. The highest BCUT2D eigenvalue weighted by Gasteiger charge is 2.09. The molecule has 0 heterocycles. The monoisotopic (exact) mass is 191 g/mol. The topological polar surface area (TPSA) is 34.4 Å². The predicted octanol–water partition coefficient (Wildman–Crippen LogP) is 1.86. The van der Waals surface area contributed by atoms with Gasteiger partial charge in [0.1, 0.15) is 0 Å². The van der Waals surface area contributed by atoms with E-state index in [1.807, 2.05) is 37.3 Å². The van der Waals surface area contributed by atoms with Crippen molar-refractivity contribution in [2.75, 3.05) is 13.6 Å². The maximum Gasteiger partial charge on any atom is 0.338 e. The molecule has 1 rings (SSSR count). The van der Waals surface area contributed by atoms with E-state index in [0.29, 0.717) is 13.1 Å².